The maximum absolute atomic E-state index is 8.45. The summed E-state index contributed by atoms with van der Waals surface area (Å²) >= 11 is 1.81. The zero-order chi connectivity index (χ0) is 92.0. The average Bonchev–Trinajstić information content (AvgIpc) is 1.58. The van der Waals surface area contributed by atoms with Crippen LogP contribution in [0, 0.1) is 41.5 Å². The minimum absolute atomic E-state index is 0.178. The van der Waals surface area contributed by atoms with Crippen molar-refractivity contribution in [3.63, 3.8) is 0 Å². The number of nitrogens with zero attached hydrogens (tertiary/aromatic N) is 9. The molecule has 15 aromatic heterocycles. The number of aromatic nitrogens is 9. The highest BCUT2D eigenvalue weighted by Gasteiger charge is 2.30. The molecule has 632 valence electrons. The SMILES string of the molecule is Cc1cc(-c2c(C)ccc3c2oc2oc4ccccc4c23)[n+](C)cn1.Cc1ccc2c(oc3c4ccccc4sc23)c1-c1cccc[n+]1C.Cc1ccc2c(oc3oc4ccccc4c32)c1-c1cc(-c2ccccc2)nc[n+]1C.Cc1ccc2c(oc3oc4ccccc4c32)c1-c1ccnc[n+]1C.[2H]C([2H])([2H])C([2H])(C)c1cc(-c2c(C)ccc3c2oc2oc4ccccc4c23)[n+](C)cn1. The van der Waals surface area contributed by atoms with Crippen LogP contribution in [-0.4, -0.2) is 19.9 Å². The fourth-order valence-electron chi connectivity index (χ4n) is 18.4. The number of fused-ring (bicyclic) bond motifs is 25. The van der Waals surface area contributed by atoms with Crippen LogP contribution in [-0.2, 0) is 35.2 Å². The average molecular weight is 1730 g/mol. The maximum atomic E-state index is 8.45. The van der Waals surface area contributed by atoms with Crippen LogP contribution in [0.3, 0.4) is 0 Å². The molecule has 0 bridgehead atoms. The molecule has 26 rings (SSSR count). The van der Waals surface area contributed by atoms with Crippen molar-refractivity contribution >= 4 is 175 Å². The van der Waals surface area contributed by atoms with Crippen LogP contribution in [0.4, 0.5) is 0 Å². The van der Waals surface area contributed by atoms with Crippen molar-refractivity contribution in [2.24, 2.45) is 35.2 Å². The third-order valence-electron chi connectivity index (χ3n) is 24.9. The molecule has 0 fully saturated rings. The van der Waals surface area contributed by atoms with Gasteiger partial charge in [0, 0.05) is 119 Å². The summed E-state index contributed by atoms with van der Waals surface area (Å²) in [4.78, 5) is 17.4. The number of para-hydroxylation sites is 4. The van der Waals surface area contributed by atoms with Crippen LogP contribution in [0.25, 0.3) is 231 Å². The molecule has 11 aromatic carbocycles. The highest BCUT2D eigenvalue weighted by Crippen LogP contribution is 2.49. The van der Waals surface area contributed by atoms with E-state index in [4.69, 9.17) is 45.2 Å². The summed E-state index contributed by atoms with van der Waals surface area (Å²) in [6.07, 6.45) is 10.9. The van der Waals surface area contributed by atoms with Gasteiger partial charge in [-0.15, -0.1) is 11.3 Å². The van der Waals surface area contributed by atoms with Crippen molar-refractivity contribution in [3.05, 3.63) is 332 Å². The van der Waals surface area contributed by atoms with Crippen LogP contribution in [0.1, 0.15) is 64.4 Å². The van der Waals surface area contributed by atoms with E-state index in [1.165, 1.54) is 43.9 Å². The number of furan rings is 9. The third kappa shape index (κ3) is 13.4. The summed E-state index contributed by atoms with van der Waals surface area (Å²) < 4.78 is 99.4. The summed E-state index contributed by atoms with van der Waals surface area (Å²) in [7, 11) is 9.92. The van der Waals surface area contributed by atoms with E-state index in [1.807, 2.05) is 206 Å². The Morgan fingerprint density at radius 2 is 0.692 bits per heavy atom. The Hall–Kier alpha value is -16.0. The monoisotopic (exact) mass is 1730 g/mol. The zero-order valence-corrected chi connectivity index (χ0v) is 74.1. The van der Waals surface area contributed by atoms with Crippen molar-refractivity contribution in [2.75, 3.05) is 0 Å². The normalized spacial score (nSPS) is 12.8. The number of aryl methyl sites for hydroxylation is 11. The lowest BCUT2D eigenvalue weighted by Crippen LogP contribution is -2.32. The minimum atomic E-state index is -2.51. The topological polar surface area (TPSA) is 189 Å². The van der Waals surface area contributed by atoms with Crippen molar-refractivity contribution < 1.29 is 68.1 Å². The number of hydrogen-bond donors (Lipinski definition) is 0. The predicted molar refractivity (Wildman–Crippen MR) is 515 cm³/mol. The largest absolute Gasteiger partial charge is 0.454 e. The molecule has 19 heteroatoms. The highest BCUT2D eigenvalue weighted by atomic mass is 32.1. The molecule has 0 radical (unpaired) electrons. The van der Waals surface area contributed by atoms with E-state index in [1.54, 1.807) is 24.9 Å². The first-order chi connectivity index (χ1) is 64.9. The summed E-state index contributed by atoms with van der Waals surface area (Å²) in [6.45, 7) is 11.3. The Morgan fingerprint density at radius 1 is 0.315 bits per heavy atom. The predicted octanol–water partition coefficient (Wildman–Crippen LogP) is 26.8. The van der Waals surface area contributed by atoms with Crippen LogP contribution in [0.2, 0.25) is 0 Å². The Morgan fingerprint density at radius 3 is 1.15 bits per heavy atom. The molecule has 130 heavy (non-hydrogen) atoms. The Bertz CT molecular complexity index is 9170. The fraction of sp³-hybridized carbons (Fsp3) is 0.126. The number of rotatable bonds is 7. The molecule has 0 spiro atoms. The molecular formula is C111H88N9O9S+5. The lowest BCUT2D eigenvalue weighted by atomic mass is 9.99. The van der Waals surface area contributed by atoms with Gasteiger partial charge in [-0.3, -0.25) is 0 Å². The number of hydrogen-bond acceptors (Lipinski definition) is 14. The molecule has 0 aliphatic carbocycles. The van der Waals surface area contributed by atoms with Gasteiger partial charge < -0.3 is 39.8 Å². The number of thiophene rings is 1. The first-order valence-corrected chi connectivity index (χ1v) is 43.7. The Labute approximate surface area is 754 Å². The van der Waals surface area contributed by atoms with Crippen molar-refractivity contribution in [1.29, 1.82) is 0 Å². The van der Waals surface area contributed by atoms with Gasteiger partial charge in [0.15, 0.2) is 51.2 Å². The van der Waals surface area contributed by atoms with Crippen LogP contribution < -0.4 is 22.8 Å². The van der Waals surface area contributed by atoms with Crippen LogP contribution in [0.5, 0.6) is 0 Å². The van der Waals surface area contributed by atoms with Gasteiger partial charge in [0.1, 0.15) is 63.9 Å². The molecule has 18 nitrogen and oxygen atoms in total. The fourth-order valence-corrected chi connectivity index (χ4v) is 19.5. The number of benzene rings is 11. The van der Waals surface area contributed by atoms with E-state index < -0.39 is 12.7 Å². The summed E-state index contributed by atoms with van der Waals surface area (Å²) in [5.41, 5.74) is 27.7. The van der Waals surface area contributed by atoms with E-state index in [-0.39, 0.29) is 5.69 Å². The second-order valence-corrected chi connectivity index (χ2v) is 34.4. The second-order valence-electron chi connectivity index (χ2n) is 33.3. The van der Waals surface area contributed by atoms with Gasteiger partial charge in [0.2, 0.25) is 5.69 Å². The summed E-state index contributed by atoms with van der Waals surface area (Å²) in [5.74, 6) is 0.335. The first-order valence-electron chi connectivity index (χ1n) is 44.9. The molecule has 0 N–H and O–H groups in total. The van der Waals surface area contributed by atoms with Gasteiger partial charge >= 0.3 is 0 Å². The highest BCUT2D eigenvalue weighted by molar-refractivity contribution is 7.26. The van der Waals surface area contributed by atoms with E-state index >= 15 is 0 Å². The van der Waals surface area contributed by atoms with Crippen molar-refractivity contribution in [2.45, 2.75) is 61.2 Å². The van der Waals surface area contributed by atoms with Gasteiger partial charge in [0.05, 0.1) is 82.3 Å². The van der Waals surface area contributed by atoms with E-state index in [0.29, 0.717) is 28.7 Å². The van der Waals surface area contributed by atoms with Gasteiger partial charge in [-0.2, -0.15) is 0 Å². The van der Waals surface area contributed by atoms with E-state index in [2.05, 4.69) is 193 Å². The van der Waals surface area contributed by atoms with Crippen LogP contribution >= 0.6 is 11.3 Å². The lowest BCUT2D eigenvalue weighted by molar-refractivity contribution is -0.663. The molecule has 1 unspecified atom stereocenters. The molecular weight excluding hydrogens is 1640 g/mol. The Kier molecular flexibility index (Phi) is 18.5. The molecule has 1 atom stereocenters. The smallest absolute Gasteiger partial charge is 0.299 e. The minimum Gasteiger partial charge on any atom is -0.454 e. The third-order valence-corrected chi connectivity index (χ3v) is 26.1. The second kappa shape index (κ2) is 31.8. The molecule has 0 aliphatic heterocycles. The van der Waals surface area contributed by atoms with Gasteiger partial charge in [-0.1, -0.05) is 199 Å². The summed E-state index contributed by atoms with van der Waals surface area (Å²) in [6, 6.07) is 86.0. The van der Waals surface area contributed by atoms with Crippen molar-refractivity contribution in [1.82, 2.24) is 19.9 Å². The molecule has 0 amide bonds. The molecule has 0 saturated heterocycles. The summed E-state index contributed by atoms with van der Waals surface area (Å²) in [5, 5.41) is 14.8. The maximum Gasteiger partial charge on any atom is 0.299 e. The van der Waals surface area contributed by atoms with Gasteiger partial charge in [-0.25, -0.2) is 22.8 Å². The number of pyridine rings is 1. The lowest BCUT2D eigenvalue weighted by Gasteiger charge is -2.09. The standard InChI is InChI=1S/C26H19N2O2.C23H21N2O2.C21H17N2O2.C21H16NOS.C20H15N2O2/c1-16-12-13-19-24-18-10-6-7-11-22(18)29-26(24)30-25(19)23(16)21-14-20(27-15-28(21)2)17-8-4-3-5-9-17;1-13(2)17-11-18(25(4)12-24-17)20-14(3)9-10-16-21-15-7-5-6-8-19(15)26-23(21)27-22(16)20;1-12-8-9-15-19-14-6-4-5-7-17(14)24-21(19)25-20(15)18(12)16-10-13(2)22-11-23(16)3;1-13-10-11-15-19(18(13)16-8-5-6-12-22(16)2)23-20-14-7-3-4-9-17(14)24-21(15)20;1-12-7-8-14-18-13-5-3-4-6-16(13)23-20(18)24-19(14)17(12)15-9-10-21-11-22(15)2/h3-15H,1-2H3;5-13H,1-4H3;4-11H,1-3H3;3-12H,1-2H3;3-11H,1-2H3/q5*+1/i;1D3,13D;;;. The molecule has 0 saturated carbocycles. The van der Waals surface area contributed by atoms with E-state index in [9.17, 15) is 0 Å². The zero-order valence-electron chi connectivity index (χ0n) is 77.3. The molecule has 26 aromatic rings. The first kappa shape index (κ1) is 75.4. The quantitative estimate of drug-likeness (QED) is 0.137. The van der Waals surface area contributed by atoms with Gasteiger partial charge in [-0.05, 0) is 116 Å². The van der Waals surface area contributed by atoms with Crippen LogP contribution in [0.15, 0.2) is 332 Å². The van der Waals surface area contributed by atoms with Gasteiger partial charge in [0.25, 0.3) is 48.4 Å². The van der Waals surface area contributed by atoms with E-state index in [0.717, 1.165) is 199 Å². The van der Waals surface area contributed by atoms with Crippen molar-refractivity contribution in [3.8, 4) is 67.5 Å². The molecule has 15 heterocycles. The molecule has 0 aliphatic rings. The Balaban J connectivity index is 0.0000000978.